The number of hydrogen-bond donors (Lipinski definition) is 2. The van der Waals surface area contributed by atoms with Gasteiger partial charge in [0.2, 0.25) is 11.8 Å². The van der Waals surface area contributed by atoms with Gasteiger partial charge in [-0.1, -0.05) is 18.7 Å². The first-order chi connectivity index (χ1) is 19.2. The molecule has 0 bridgehead atoms. The van der Waals surface area contributed by atoms with Crippen LogP contribution in [0, 0.1) is 11.6 Å². The summed E-state index contributed by atoms with van der Waals surface area (Å²) in [4.78, 5) is 43.7. The van der Waals surface area contributed by atoms with Crippen molar-refractivity contribution in [2.45, 2.75) is 25.3 Å². The third-order valence-electron chi connectivity index (χ3n) is 6.35. The van der Waals surface area contributed by atoms with Crippen LogP contribution in [0.25, 0.3) is 0 Å². The minimum Gasteiger partial charge on any atom is -0.454 e. The van der Waals surface area contributed by atoms with Crippen molar-refractivity contribution in [3.63, 3.8) is 0 Å². The first kappa shape index (κ1) is 28.2. The minimum atomic E-state index is -0.749. The Bertz CT molecular complexity index is 1400. The Kier molecular flexibility index (Phi) is 9.05. The molecular weight excluding hydrogens is 520 g/mol. The van der Waals surface area contributed by atoms with E-state index in [1.54, 1.807) is 17.0 Å². The van der Waals surface area contributed by atoms with Crippen LogP contribution in [0.2, 0.25) is 0 Å². The summed E-state index contributed by atoms with van der Waals surface area (Å²) in [5, 5.41) is 5.77. The summed E-state index contributed by atoms with van der Waals surface area (Å²) in [6.07, 6.45) is 4.44. The number of aromatic nitrogens is 1. The molecule has 0 radical (unpaired) electrons. The van der Waals surface area contributed by atoms with Crippen LogP contribution < -0.4 is 15.4 Å². The van der Waals surface area contributed by atoms with Crippen molar-refractivity contribution in [1.29, 1.82) is 0 Å². The van der Waals surface area contributed by atoms with Crippen molar-refractivity contribution in [2.75, 3.05) is 30.8 Å². The molecule has 3 aromatic rings. The van der Waals surface area contributed by atoms with E-state index in [0.717, 1.165) is 23.8 Å². The molecule has 1 aliphatic heterocycles. The molecule has 4 amide bonds. The second kappa shape index (κ2) is 12.8. The Labute approximate surface area is 230 Å². The van der Waals surface area contributed by atoms with Crippen molar-refractivity contribution in [1.82, 2.24) is 14.8 Å². The summed E-state index contributed by atoms with van der Waals surface area (Å²) in [7, 11) is 1.30. The number of carbonyl (C=O) groups is 3. The van der Waals surface area contributed by atoms with Gasteiger partial charge >= 0.3 is 6.03 Å². The van der Waals surface area contributed by atoms with Gasteiger partial charge in [-0.05, 0) is 54.8 Å². The molecule has 0 saturated carbocycles. The Hall–Kier alpha value is -4.80. The number of urea groups is 1. The van der Waals surface area contributed by atoms with E-state index < -0.39 is 23.6 Å². The number of hydrogen-bond acceptors (Lipinski definition) is 6. The normalized spacial score (nSPS) is 14.7. The zero-order valence-corrected chi connectivity index (χ0v) is 21.9. The standard InChI is InChI=1S/C29H29F2N5O4/c1-3-27(37)36-14-4-5-22(18-36)33-26-17-23(12-13-32-26)40-25-11-10-21(16-24(25)31)34-29(39)35(2)28(38)15-19-6-8-20(30)9-7-19/h3,6-13,16-17,22H,1,4-5,14-15,18H2,2H3,(H,32,33)(H,34,39). The number of pyridine rings is 1. The molecule has 1 aromatic heterocycles. The molecule has 2 N–H and O–H groups in total. The topological polar surface area (TPSA) is 104 Å². The maximum absolute atomic E-state index is 14.8. The Morgan fingerprint density at radius 1 is 1.15 bits per heavy atom. The van der Waals surface area contributed by atoms with E-state index in [1.165, 1.54) is 55.7 Å². The molecule has 0 spiro atoms. The highest BCUT2D eigenvalue weighted by atomic mass is 19.1. The van der Waals surface area contributed by atoms with Crippen LogP contribution >= 0.6 is 0 Å². The molecule has 1 fully saturated rings. The Morgan fingerprint density at radius 3 is 2.65 bits per heavy atom. The number of amides is 4. The molecule has 0 aliphatic carbocycles. The van der Waals surface area contributed by atoms with Crippen LogP contribution in [0.1, 0.15) is 18.4 Å². The monoisotopic (exact) mass is 549 g/mol. The summed E-state index contributed by atoms with van der Waals surface area (Å²) in [5.41, 5.74) is 0.681. The van der Waals surface area contributed by atoms with Crippen LogP contribution in [0.15, 0.2) is 73.4 Å². The highest BCUT2D eigenvalue weighted by molar-refractivity contribution is 6.01. The van der Waals surface area contributed by atoms with E-state index in [4.69, 9.17) is 4.74 Å². The fourth-order valence-corrected chi connectivity index (χ4v) is 4.19. The van der Waals surface area contributed by atoms with Gasteiger partial charge in [-0.25, -0.2) is 18.6 Å². The fourth-order valence-electron chi connectivity index (χ4n) is 4.19. The van der Waals surface area contributed by atoms with Crippen molar-refractivity contribution < 1.29 is 27.9 Å². The molecule has 4 rings (SSSR count). The van der Waals surface area contributed by atoms with Gasteiger partial charge in [-0.3, -0.25) is 14.5 Å². The van der Waals surface area contributed by atoms with Crippen LogP contribution in [-0.4, -0.2) is 58.8 Å². The summed E-state index contributed by atoms with van der Waals surface area (Å²) in [5.74, 6) is -0.990. The maximum atomic E-state index is 14.8. The molecule has 40 heavy (non-hydrogen) atoms. The highest BCUT2D eigenvalue weighted by Gasteiger charge is 2.23. The number of benzene rings is 2. The predicted octanol–water partition coefficient (Wildman–Crippen LogP) is 4.97. The molecule has 208 valence electrons. The number of carbonyl (C=O) groups excluding carboxylic acids is 3. The molecular formula is C29H29F2N5O4. The summed E-state index contributed by atoms with van der Waals surface area (Å²) in [6, 6.07) is 11.7. The lowest BCUT2D eigenvalue weighted by atomic mass is 10.1. The van der Waals surface area contributed by atoms with Crippen molar-refractivity contribution >= 4 is 29.4 Å². The number of piperidine rings is 1. The van der Waals surface area contributed by atoms with E-state index in [2.05, 4.69) is 22.2 Å². The number of nitrogens with zero attached hydrogens (tertiary/aromatic N) is 3. The number of likely N-dealkylation sites (N-methyl/N-ethyl adjacent to an activating group) is 1. The summed E-state index contributed by atoms with van der Waals surface area (Å²) in [6.45, 7) is 4.74. The highest BCUT2D eigenvalue weighted by Crippen LogP contribution is 2.28. The lowest BCUT2D eigenvalue weighted by Crippen LogP contribution is -2.44. The van der Waals surface area contributed by atoms with Crippen molar-refractivity contribution in [2.24, 2.45) is 0 Å². The first-order valence-corrected chi connectivity index (χ1v) is 12.6. The predicted molar refractivity (Wildman–Crippen MR) is 146 cm³/mol. The SMILES string of the molecule is C=CC(=O)N1CCCC(Nc2cc(Oc3ccc(NC(=O)N(C)C(=O)Cc4ccc(F)cc4)cc3F)ccn2)C1. The van der Waals surface area contributed by atoms with E-state index in [9.17, 15) is 23.2 Å². The van der Waals surface area contributed by atoms with Gasteiger partial charge in [0.25, 0.3) is 0 Å². The maximum Gasteiger partial charge on any atom is 0.328 e. The largest absolute Gasteiger partial charge is 0.454 e. The van der Waals surface area contributed by atoms with E-state index in [0.29, 0.717) is 30.2 Å². The van der Waals surface area contributed by atoms with Gasteiger partial charge in [0.15, 0.2) is 11.6 Å². The average molecular weight is 550 g/mol. The van der Waals surface area contributed by atoms with Gasteiger partial charge in [0.05, 0.1) is 6.42 Å². The molecule has 9 nitrogen and oxygen atoms in total. The number of halogens is 2. The zero-order valence-electron chi connectivity index (χ0n) is 21.9. The quantitative estimate of drug-likeness (QED) is 0.385. The number of likely N-dealkylation sites (tertiary alicyclic amines) is 1. The molecule has 11 heteroatoms. The zero-order chi connectivity index (χ0) is 28.6. The van der Waals surface area contributed by atoms with Crippen molar-refractivity contribution in [3.8, 4) is 11.5 Å². The smallest absolute Gasteiger partial charge is 0.328 e. The molecule has 1 saturated heterocycles. The second-order valence-electron chi connectivity index (χ2n) is 9.28. The van der Waals surface area contributed by atoms with Crippen LogP contribution in [0.3, 0.4) is 0 Å². The van der Waals surface area contributed by atoms with Crippen LogP contribution in [0.5, 0.6) is 11.5 Å². The minimum absolute atomic E-state index is 0.000680. The summed E-state index contributed by atoms with van der Waals surface area (Å²) < 4.78 is 33.6. The Balaban J connectivity index is 1.34. The fraction of sp³-hybridized carbons (Fsp3) is 0.241. The second-order valence-corrected chi connectivity index (χ2v) is 9.28. The van der Waals surface area contributed by atoms with Crippen LogP contribution in [0.4, 0.5) is 25.1 Å². The molecule has 1 aliphatic rings. The third kappa shape index (κ3) is 7.40. The third-order valence-corrected chi connectivity index (χ3v) is 6.35. The van der Waals surface area contributed by atoms with E-state index >= 15 is 0 Å². The number of imide groups is 1. The number of ether oxygens (including phenoxy) is 1. The Morgan fingerprint density at radius 2 is 1.93 bits per heavy atom. The van der Waals surface area contributed by atoms with Gasteiger partial charge in [0, 0.05) is 50.2 Å². The molecule has 2 heterocycles. The molecule has 2 aromatic carbocycles. The van der Waals surface area contributed by atoms with Crippen LogP contribution in [-0.2, 0) is 16.0 Å². The van der Waals surface area contributed by atoms with Crippen molar-refractivity contribution in [3.05, 3.63) is 90.6 Å². The molecule has 1 atom stereocenters. The van der Waals surface area contributed by atoms with E-state index in [1.807, 2.05) is 0 Å². The lowest BCUT2D eigenvalue weighted by molar-refractivity contribution is -0.127. The number of nitrogens with one attached hydrogen (secondary N) is 2. The molecule has 1 unspecified atom stereocenters. The average Bonchev–Trinajstić information content (AvgIpc) is 2.95. The summed E-state index contributed by atoms with van der Waals surface area (Å²) >= 11 is 0. The first-order valence-electron chi connectivity index (χ1n) is 12.6. The van der Waals surface area contributed by atoms with Gasteiger partial charge in [0.1, 0.15) is 17.4 Å². The number of anilines is 2. The van der Waals surface area contributed by atoms with Gasteiger partial charge in [-0.2, -0.15) is 0 Å². The lowest BCUT2D eigenvalue weighted by Gasteiger charge is -2.32. The van der Waals surface area contributed by atoms with Gasteiger partial charge in [-0.15, -0.1) is 0 Å². The van der Waals surface area contributed by atoms with E-state index in [-0.39, 0.29) is 29.8 Å². The van der Waals surface area contributed by atoms with Gasteiger partial charge < -0.3 is 20.3 Å². The number of rotatable bonds is 8.